The summed E-state index contributed by atoms with van der Waals surface area (Å²) in [6.07, 6.45) is 0. The molecule has 0 unspecified atom stereocenters. The Hall–Kier alpha value is -3.02. The van der Waals surface area contributed by atoms with Gasteiger partial charge in [-0.1, -0.05) is 88.4 Å². The zero-order valence-electron chi connectivity index (χ0n) is 18.9. The molecule has 2 heteroatoms. The lowest BCUT2D eigenvalue weighted by Crippen LogP contribution is -2.19. The first-order valence-corrected chi connectivity index (χ1v) is 12.5. The summed E-state index contributed by atoms with van der Waals surface area (Å²) in [6, 6.07) is 30.1. The first-order chi connectivity index (χ1) is 15.3. The van der Waals surface area contributed by atoms with Crippen LogP contribution in [-0.4, -0.2) is 0 Å². The van der Waals surface area contributed by atoms with E-state index < -0.39 is 7.80 Å². The zero-order valence-corrected chi connectivity index (χ0v) is 19.8. The van der Waals surface area contributed by atoms with Gasteiger partial charge in [-0.15, -0.1) is 0 Å². The van der Waals surface area contributed by atoms with Gasteiger partial charge < -0.3 is 0 Å². The Kier molecular flexibility index (Phi) is 3.99. The molecule has 0 aromatic heterocycles. The number of rotatable bonds is 2. The highest BCUT2D eigenvalue weighted by atomic mass is 31.1. The summed E-state index contributed by atoms with van der Waals surface area (Å²) in [4.78, 5) is 0. The second kappa shape index (κ2) is 6.50. The van der Waals surface area contributed by atoms with Crippen LogP contribution in [0.4, 0.5) is 0 Å². The highest BCUT2D eigenvalue weighted by Crippen LogP contribution is 2.50. The van der Waals surface area contributed by atoms with Crippen molar-refractivity contribution in [2.45, 2.75) is 38.5 Å². The van der Waals surface area contributed by atoms with E-state index in [2.05, 4.69) is 113 Å². The van der Waals surface area contributed by atoms with E-state index in [1.54, 1.807) is 0 Å². The van der Waals surface area contributed by atoms with Crippen molar-refractivity contribution in [3.63, 3.8) is 0 Å². The lowest BCUT2D eigenvalue weighted by Gasteiger charge is -2.22. The van der Waals surface area contributed by atoms with Gasteiger partial charge in [0.1, 0.15) is 7.80 Å². The number of hydrogen-bond donors (Lipinski definition) is 0. The Labute approximate surface area is 190 Å². The van der Waals surface area contributed by atoms with Crippen LogP contribution >= 0.6 is 7.80 Å². The molecule has 0 amide bonds. The van der Waals surface area contributed by atoms with Crippen molar-refractivity contribution in [2.24, 2.45) is 0 Å². The molecule has 0 atom stereocenters. The van der Waals surface area contributed by atoms with E-state index in [0.29, 0.717) is 0 Å². The van der Waals surface area contributed by atoms with Crippen LogP contribution in [0.3, 0.4) is 0 Å². The summed E-state index contributed by atoms with van der Waals surface area (Å²) in [5, 5.41) is 1.82. The summed E-state index contributed by atoms with van der Waals surface area (Å²) >= 11 is 0. The molecule has 157 valence electrons. The van der Waals surface area contributed by atoms with Crippen LogP contribution in [-0.2, 0) is 15.4 Å². The molecule has 0 spiro atoms. The Balaban J connectivity index is 1.43. The predicted molar refractivity (Wildman–Crippen MR) is 135 cm³/mol. The summed E-state index contributed by atoms with van der Waals surface area (Å²) in [5.41, 5.74) is 10.2. The molecule has 0 heterocycles. The molecule has 0 bridgehead atoms. The topological polar surface area (TPSA) is 17.1 Å². The fourth-order valence-corrected chi connectivity index (χ4v) is 7.00. The monoisotopic (exact) mass is 433 g/mol. The highest BCUT2D eigenvalue weighted by molar-refractivity contribution is 7.61. The SMILES string of the molecule is CC1(C)c2ccccc2-c2ccc([P](=O)c3ccc4c(c3)C(C)(C)c3ccccc3-4)cc21. The van der Waals surface area contributed by atoms with Gasteiger partial charge in [-0.3, -0.25) is 4.57 Å². The average Bonchev–Trinajstić information content (AvgIpc) is 3.18. The van der Waals surface area contributed by atoms with Gasteiger partial charge >= 0.3 is 0 Å². The van der Waals surface area contributed by atoms with E-state index in [0.717, 1.165) is 10.6 Å². The smallest absolute Gasteiger partial charge is 0.136 e. The molecule has 0 fully saturated rings. The number of benzene rings is 4. The Morgan fingerprint density at radius 3 is 1.31 bits per heavy atom. The van der Waals surface area contributed by atoms with E-state index in [4.69, 9.17) is 0 Å². The van der Waals surface area contributed by atoms with E-state index in [9.17, 15) is 4.57 Å². The highest BCUT2D eigenvalue weighted by Gasteiger charge is 2.37. The molecule has 0 saturated carbocycles. The molecule has 1 nitrogen and oxygen atoms in total. The van der Waals surface area contributed by atoms with Crippen LogP contribution in [0.2, 0.25) is 0 Å². The van der Waals surface area contributed by atoms with Crippen molar-refractivity contribution in [3.05, 3.63) is 107 Å². The fraction of sp³-hybridized carbons (Fsp3) is 0.200. The Morgan fingerprint density at radius 2 is 0.875 bits per heavy atom. The van der Waals surface area contributed by atoms with Gasteiger partial charge in [0.05, 0.1) is 0 Å². The summed E-state index contributed by atoms with van der Waals surface area (Å²) in [7, 11) is -1.67. The standard InChI is InChI=1S/C30H26OP/c1-29(2)25-11-7-5-9-21(25)23-15-13-19(17-27(23)29)32(31)20-14-16-24-22-10-6-8-12-26(22)30(3,4)28(24)18-20/h5-18H,1-4H3. The Bertz CT molecular complexity index is 1330. The largest absolute Gasteiger partial charge is 0.277 e. The molecule has 0 saturated heterocycles. The molecule has 4 aromatic carbocycles. The fourth-order valence-electron chi connectivity index (χ4n) is 5.79. The minimum Gasteiger partial charge on any atom is -0.277 e. The average molecular weight is 434 g/mol. The molecule has 2 aliphatic rings. The van der Waals surface area contributed by atoms with E-state index in [-0.39, 0.29) is 10.8 Å². The van der Waals surface area contributed by atoms with E-state index in [1.165, 1.54) is 44.5 Å². The lowest BCUT2D eigenvalue weighted by atomic mass is 9.82. The number of hydrogen-bond acceptors (Lipinski definition) is 1. The first kappa shape index (κ1) is 19.6. The van der Waals surface area contributed by atoms with Crippen LogP contribution < -0.4 is 10.6 Å². The second-order valence-corrected chi connectivity index (χ2v) is 11.7. The second-order valence-electron chi connectivity index (χ2n) is 10.1. The number of fused-ring (bicyclic) bond motifs is 6. The van der Waals surface area contributed by atoms with Crippen LogP contribution in [0, 0.1) is 0 Å². The molecule has 4 aromatic rings. The molecule has 1 radical (unpaired) electrons. The first-order valence-electron chi connectivity index (χ1n) is 11.3. The van der Waals surface area contributed by atoms with Crippen LogP contribution in [0.5, 0.6) is 0 Å². The minimum atomic E-state index is -1.67. The molecule has 6 rings (SSSR count). The van der Waals surface area contributed by atoms with Crippen LogP contribution in [0.1, 0.15) is 49.9 Å². The third-order valence-corrected chi connectivity index (χ3v) is 9.10. The maximum absolute atomic E-state index is 13.8. The van der Waals surface area contributed by atoms with Gasteiger partial charge in [0, 0.05) is 21.4 Å². The van der Waals surface area contributed by atoms with Crippen LogP contribution in [0.25, 0.3) is 22.3 Å². The minimum absolute atomic E-state index is 0.0837. The van der Waals surface area contributed by atoms with Crippen molar-refractivity contribution in [1.29, 1.82) is 0 Å². The van der Waals surface area contributed by atoms with Crippen molar-refractivity contribution in [3.8, 4) is 22.3 Å². The van der Waals surface area contributed by atoms with Gasteiger partial charge in [-0.05, 0) is 68.8 Å². The van der Waals surface area contributed by atoms with Crippen molar-refractivity contribution in [1.82, 2.24) is 0 Å². The van der Waals surface area contributed by atoms with Crippen molar-refractivity contribution in [2.75, 3.05) is 0 Å². The summed E-state index contributed by atoms with van der Waals surface area (Å²) in [5.74, 6) is 0. The lowest BCUT2D eigenvalue weighted by molar-refractivity contribution is 0.598. The van der Waals surface area contributed by atoms with E-state index in [1.807, 2.05) is 0 Å². The van der Waals surface area contributed by atoms with Gasteiger partial charge in [0.25, 0.3) is 0 Å². The third kappa shape index (κ3) is 2.52. The molecule has 0 aliphatic heterocycles. The maximum Gasteiger partial charge on any atom is 0.136 e. The van der Waals surface area contributed by atoms with E-state index >= 15 is 0 Å². The van der Waals surface area contributed by atoms with Crippen LogP contribution in [0.15, 0.2) is 84.9 Å². The molecular formula is C30H26OP. The molecule has 0 N–H and O–H groups in total. The third-order valence-electron chi connectivity index (χ3n) is 7.60. The molecule has 2 aliphatic carbocycles. The summed E-state index contributed by atoms with van der Waals surface area (Å²) in [6.45, 7) is 9.07. The van der Waals surface area contributed by atoms with Crippen molar-refractivity contribution < 1.29 is 4.57 Å². The molecular weight excluding hydrogens is 407 g/mol. The maximum atomic E-state index is 13.8. The van der Waals surface area contributed by atoms with Gasteiger partial charge in [0.2, 0.25) is 0 Å². The zero-order chi connectivity index (χ0) is 22.3. The van der Waals surface area contributed by atoms with Gasteiger partial charge in [-0.2, -0.15) is 0 Å². The normalized spacial score (nSPS) is 16.1. The Morgan fingerprint density at radius 1 is 0.500 bits per heavy atom. The molecule has 32 heavy (non-hydrogen) atoms. The quantitative estimate of drug-likeness (QED) is 0.309. The predicted octanol–water partition coefficient (Wildman–Crippen LogP) is 7.08. The van der Waals surface area contributed by atoms with Crippen molar-refractivity contribution >= 4 is 18.4 Å². The van der Waals surface area contributed by atoms with Gasteiger partial charge in [-0.25, -0.2) is 0 Å². The summed E-state index contributed by atoms with van der Waals surface area (Å²) < 4.78 is 13.8. The van der Waals surface area contributed by atoms with Gasteiger partial charge in [0.15, 0.2) is 0 Å².